The average Bonchev–Trinajstić information content (AvgIpc) is 2.29. The molecule has 2 aliphatic heterocycles. The van der Waals surface area contributed by atoms with Crippen LogP contribution >= 0.6 is 12.2 Å². The predicted molar refractivity (Wildman–Crippen MR) is 46.2 cm³/mol. The van der Waals surface area contributed by atoms with Gasteiger partial charge in [0.25, 0.3) is 5.91 Å². The van der Waals surface area contributed by atoms with E-state index in [1.165, 1.54) is 0 Å². The van der Waals surface area contributed by atoms with E-state index in [1.54, 1.807) is 0 Å². The number of carbonyl (C=O) groups excluding carboxylic acids is 1. The molecular formula is C5H7N5OS. The molecule has 0 radical (unpaired) electrons. The molecule has 2 aliphatic rings. The second kappa shape index (κ2) is 2.31. The molecule has 5 N–H and O–H groups in total. The number of rotatable bonds is 0. The zero-order valence-corrected chi connectivity index (χ0v) is 6.81. The molecule has 0 bridgehead atoms. The van der Waals surface area contributed by atoms with E-state index in [-0.39, 0.29) is 18.0 Å². The monoisotopic (exact) mass is 185 g/mol. The summed E-state index contributed by atoms with van der Waals surface area (Å²) >= 11 is 4.81. The molecule has 2 rings (SSSR count). The number of hydrogen-bond acceptors (Lipinski definition) is 4. The summed E-state index contributed by atoms with van der Waals surface area (Å²) in [6.45, 7) is 0. The number of aliphatic imine (C=N–C) groups is 1. The van der Waals surface area contributed by atoms with Crippen LogP contribution in [0.15, 0.2) is 4.99 Å². The van der Waals surface area contributed by atoms with Crippen LogP contribution in [0.5, 0.6) is 0 Å². The molecule has 0 aromatic rings. The number of carbonyl (C=O) groups is 1. The van der Waals surface area contributed by atoms with Gasteiger partial charge in [0, 0.05) is 0 Å². The molecule has 0 saturated carbocycles. The minimum atomic E-state index is -0.426. The molecule has 6 nitrogen and oxygen atoms in total. The lowest BCUT2D eigenvalue weighted by Crippen LogP contribution is -2.55. The van der Waals surface area contributed by atoms with Crippen molar-refractivity contribution in [1.29, 1.82) is 0 Å². The Morgan fingerprint density at radius 3 is 3.00 bits per heavy atom. The third-order valence-electron chi connectivity index (χ3n) is 1.69. The van der Waals surface area contributed by atoms with Crippen molar-refractivity contribution < 1.29 is 4.79 Å². The summed E-state index contributed by atoms with van der Waals surface area (Å²) < 4.78 is 0. The number of thiocarbonyl (C=S) groups is 1. The zero-order valence-electron chi connectivity index (χ0n) is 6.00. The molecule has 1 saturated heterocycles. The molecule has 2 heterocycles. The third kappa shape index (κ3) is 0.981. The zero-order chi connectivity index (χ0) is 8.72. The smallest absolute Gasteiger partial charge is 0.253 e. The fourth-order valence-electron chi connectivity index (χ4n) is 1.18. The van der Waals surface area contributed by atoms with Crippen LogP contribution < -0.4 is 21.7 Å². The largest absolute Gasteiger partial charge is 0.370 e. The van der Waals surface area contributed by atoms with Gasteiger partial charge in [-0.25, -0.2) is 4.99 Å². The Kier molecular flexibility index (Phi) is 1.40. The Hall–Kier alpha value is -1.37. The Morgan fingerprint density at radius 1 is 1.50 bits per heavy atom. The van der Waals surface area contributed by atoms with E-state index in [4.69, 9.17) is 18.0 Å². The number of nitrogens with zero attached hydrogens (tertiary/aromatic N) is 1. The van der Waals surface area contributed by atoms with E-state index in [1.807, 2.05) is 0 Å². The number of fused-ring (bicyclic) bond motifs is 1. The molecule has 0 aliphatic carbocycles. The van der Waals surface area contributed by atoms with Gasteiger partial charge in [-0.05, 0) is 12.2 Å². The van der Waals surface area contributed by atoms with Crippen molar-refractivity contribution in [2.24, 2.45) is 10.7 Å². The highest BCUT2D eigenvalue weighted by Gasteiger charge is 2.38. The van der Waals surface area contributed by atoms with Crippen molar-refractivity contribution in [2.75, 3.05) is 0 Å². The van der Waals surface area contributed by atoms with Gasteiger partial charge in [-0.1, -0.05) is 0 Å². The minimum Gasteiger partial charge on any atom is -0.370 e. The topological polar surface area (TPSA) is 91.5 Å². The molecule has 64 valence electrons. The summed E-state index contributed by atoms with van der Waals surface area (Å²) in [6, 6.07) is -0.426. The first-order valence-corrected chi connectivity index (χ1v) is 3.79. The van der Waals surface area contributed by atoms with Gasteiger partial charge >= 0.3 is 0 Å². The Morgan fingerprint density at radius 2 is 2.25 bits per heavy atom. The highest BCUT2D eigenvalue weighted by Crippen LogP contribution is 2.06. The molecule has 2 atom stereocenters. The van der Waals surface area contributed by atoms with Gasteiger partial charge in [-0.2, -0.15) is 0 Å². The van der Waals surface area contributed by atoms with E-state index in [9.17, 15) is 4.79 Å². The maximum Gasteiger partial charge on any atom is 0.253 e. The second-order valence-corrected chi connectivity index (χ2v) is 2.95. The van der Waals surface area contributed by atoms with Crippen molar-refractivity contribution >= 4 is 29.2 Å². The van der Waals surface area contributed by atoms with Crippen LogP contribution in [0.1, 0.15) is 0 Å². The van der Waals surface area contributed by atoms with E-state index < -0.39 is 6.04 Å². The Labute approximate surface area is 73.6 Å². The van der Waals surface area contributed by atoms with Crippen molar-refractivity contribution in [1.82, 2.24) is 16.0 Å². The maximum atomic E-state index is 11.2. The van der Waals surface area contributed by atoms with Crippen LogP contribution in [0, 0.1) is 0 Å². The summed E-state index contributed by atoms with van der Waals surface area (Å²) in [5.41, 5.74) is 5.33. The summed E-state index contributed by atoms with van der Waals surface area (Å²) in [7, 11) is 0. The van der Waals surface area contributed by atoms with Crippen LogP contribution in [0.3, 0.4) is 0 Å². The van der Waals surface area contributed by atoms with Gasteiger partial charge in [0.2, 0.25) is 0 Å². The molecule has 1 amide bonds. The van der Waals surface area contributed by atoms with Crippen LogP contribution in [0.25, 0.3) is 0 Å². The van der Waals surface area contributed by atoms with Gasteiger partial charge in [0.15, 0.2) is 17.2 Å². The molecule has 2 unspecified atom stereocenters. The summed E-state index contributed by atoms with van der Waals surface area (Å²) in [5, 5.41) is 8.41. The maximum absolute atomic E-state index is 11.2. The van der Waals surface area contributed by atoms with Crippen molar-refractivity contribution in [2.45, 2.75) is 12.2 Å². The van der Waals surface area contributed by atoms with Gasteiger partial charge in [-0.15, -0.1) is 0 Å². The molecule has 12 heavy (non-hydrogen) atoms. The normalized spacial score (nSPS) is 32.8. The predicted octanol–water partition coefficient (Wildman–Crippen LogP) is -2.40. The fourth-order valence-corrected chi connectivity index (χ4v) is 1.43. The van der Waals surface area contributed by atoms with Crippen LogP contribution in [-0.2, 0) is 4.79 Å². The number of nitrogens with one attached hydrogen (secondary N) is 3. The highest BCUT2D eigenvalue weighted by molar-refractivity contribution is 7.80. The second-order valence-electron chi connectivity index (χ2n) is 2.54. The Bertz CT molecular complexity index is 288. The molecular weight excluding hydrogens is 178 g/mol. The average molecular weight is 185 g/mol. The van der Waals surface area contributed by atoms with Gasteiger partial charge in [-0.3, -0.25) is 10.1 Å². The lowest BCUT2D eigenvalue weighted by molar-refractivity contribution is -0.121. The minimum absolute atomic E-state index is 0.125. The van der Waals surface area contributed by atoms with Crippen molar-refractivity contribution in [3.63, 3.8) is 0 Å². The molecule has 1 fully saturated rings. The van der Waals surface area contributed by atoms with Gasteiger partial charge in [0.05, 0.1) is 0 Å². The Balaban J connectivity index is 2.28. The SMILES string of the molecule is NC1=NC2NC(=S)NC2C(=O)N1. The van der Waals surface area contributed by atoms with E-state index >= 15 is 0 Å². The molecule has 0 spiro atoms. The molecule has 7 heteroatoms. The highest BCUT2D eigenvalue weighted by atomic mass is 32.1. The third-order valence-corrected chi connectivity index (χ3v) is 1.93. The molecule has 0 aromatic heterocycles. The summed E-state index contributed by atoms with van der Waals surface area (Å²) in [4.78, 5) is 15.1. The fraction of sp³-hybridized carbons (Fsp3) is 0.400. The summed E-state index contributed by atoms with van der Waals surface area (Å²) in [5.74, 6) is -0.0832. The number of amides is 1. The van der Waals surface area contributed by atoms with E-state index in [0.29, 0.717) is 5.11 Å². The standard InChI is InChI=1S/C5H7N5OS/c6-4-8-2-1(3(11)10-4)7-5(12)9-2/h1-2H,(H2,7,9,12)(H3,6,8,10,11). The van der Waals surface area contributed by atoms with Gasteiger partial charge < -0.3 is 16.4 Å². The lowest BCUT2D eigenvalue weighted by atomic mass is 10.2. The lowest BCUT2D eigenvalue weighted by Gasteiger charge is -2.20. The van der Waals surface area contributed by atoms with Crippen LogP contribution in [0.4, 0.5) is 0 Å². The summed E-state index contributed by atoms with van der Waals surface area (Å²) in [6.07, 6.45) is -0.355. The van der Waals surface area contributed by atoms with Gasteiger partial charge in [0.1, 0.15) is 6.04 Å². The van der Waals surface area contributed by atoms with Crippen molar-refractivity contribution in [3.8, 4) is 0 Å². The first-order chi connectivity index (χ1) is 5.66. The van der Waals surface area contributed by atoms with Crippen LogP contribution in [-0.4, -0.2) is 29.2 Å². The first kappa shape index (κ1) is 7.29. The van der Waals surface area contributed by atoms with Crippen molar-refractivity contribution in [3.05, 3.63) is 0 Å². The number of guanidine groups is 1. The molecule has 0 aromatic carbocycles. The number of nitrogens with two attached hydrogens (primary N) is 1. The van der Waals surface area contributed by atoms with E-state index in [0.717, 1.165) is 0 Å². The number of hydrogen-bond donors (Lipinski definition) is 4. The first-order valence-electron chi connectivity index (χ1n) is 3.38. The van der Waals surface area contributed by atoms with E-state index in [2.05, 4.69) is 20.9 Å². The van der Waals surface area contributed by atoms with Crippen LogP contribution in [0.2, 0.25) is 0 Å². The quantitative estimate of drug-likeness (QED) is 0.316.